The predicted octanol–water partition coefficient (Wildman–Crippen LogP) is 3.14. The lowest BCUT2D eigenvalue weighted by atomic mass is 9.75. The second-order valence-electron chi connectivity index (χ2n) is 10.4. The van der Waals surface area contributed by atoms with Crippen molar-refractivity contribution >= 4 is 17.7 Å². The first-order valence-corrected chi connectivity index (χ1v) is 12.9. The summed E-state index contributed by atoms with van der Waals surface area (Å²) >= 11 is 0. The van der Waals surface area contributed by atoms with E-state index in [9.17, 15) is 14.4 Å². The number of ether oxygens (including phenoxy) is 3. The number of nitrogens with two attached hydrogens (primary N) is 1. The Morgan fingerprint density at radius 2 is 1.53 bits per heavy atom. The molecule has 3 rings (SSSR count). The molecule has 200 valence electrons. The van der Waals surface area contributed by atoms with E-state index in [0.29, 0.717) is 30.2 Å². The van der Waals surface area contributed by atoms with Gasteiger partial charge in [-0.2, -0.15) is 0 Å². The number of rotatable bonds is 9. The van der Waals surface area contributed by atoms with Crippen LogP contribution in [0, 0.1) is 5.92 Å². The molecule has 0 radical (unpaired) electrons. The number of amides is 3. The highest BCUT2D eigenvalue weighted by Crippen LogP contribution is 2.45. The van der Waals surface area contributed by atoms with E-state index in [2.05, 4.69) is 5.32 Å². The van der Waals surface area contributed by atoms with E-state index >= 15 is 0 Å². The molecule has 9 nitrogen and oxygen atoms in total. The van der Waals surface area contributed by atoms with Crippen molar-refractivity contribution in [3.63, 3.8) is 0 Å². The molecule has 0 bridgehead atoms. The normalized spacial score (nSPS) is 19.8. The molecule has 0 spiro atoms. The Labute approximate surface area is 214 Å². The maximum absolute atomic E-state index is 14.3. The lowest BCUT2D eigenvalue weighted by Crippen LogP contribution is -2.60. The van der Waals surface area contributed by atoms with Crippen LogP contribution >= 0.6 is 0 Å². The van der Waals surface area contributed by atoms with Gasteiger partial charge in [-0.1, -0.05) is 19.3 Å². The Bertz CT molecular complexity index is 932. The van der Waals surface area contributed by atoms with Gasteiger partial charge in [-0.15, -0.1) is 0 Å². The number of hydrogen-bond acceptors (Lipinski definition) is 6. The first-order chi connectivity index (χ1) is 17.1. The van der Waals surface area contributed by atoms with Crippen molar-refractivity contribution in [3.05, 3.63) is 17.7 Å². The Balaban J connectivity index is 2.01. The summed E-state index contributed by atoms with van der Waals surface area (Å²) in [6.07, 6.45) is 7.35. The fourth-order valence-electron chi connectivity index (χ4n) is 5.46. The summed E-state index contributed by atoms with van der Waals surface area (Å²) in [7, 11) is 4.67. The maximum atomic E-state index is 14.3. The summed E-state index contributed by atoms with van der Waals surface area (Å²) in [4.78, 5) is 41.1. The third-order valence-electron chi connectivity index (χ3n) is 7.57. The summed E-state index contributed by atoms with van der Waals surface area (Å²) in [6.45, 7) is 3.63. The van der Waals surface area contributed by atoms with Gasteiger partial charge in [0.1, 0.15) is 11.6 Å². The number of likely N-dealkylation sites (tertiary alicyclic amines) is 1. The van der Waals surface area contributed by atoms with Gasteiger partial charge in [0.15, 0.2) is 11.5 Å². The minimum atomic E-state index is -1.21. The smallest absolute Gasteiger partial charge is 0.243 e. The molecule has 3 N–H and O–H groups in total. The molecule has 1 saturated carbocycles. The summed E-state index contributed by atoms with van der Waals surface area (Å²) in [6, 6.07) is 3.06. The molecular formula is C27H41N3O6. The second-order valence-corrected chi connectivity index (χ2v) is 10.4. The molecule has 9 heteroatoms. The van der Waals surface area contributed by atoms with Gasteiger partial charge in [0.05, 0.1) is 27.2 Å². The zero-order chi connectivity index (χ0) is 26.5. The standard InChI is InChI=1S/C27H41N3O6/c1-27(2,26(28)33)29-24(31)19-13-9-10-14-30(19)25(32)22(17-11-7-6-8-12-17)18-15-20(34-3)23(36-5)21(16-18)35-4/h15-17,19,22H,6-14H2,1-5H3,(H2,28,33)(H,29,31)/t19-,22-/m0/s1. The zero-order valence-corrected chi connectivity index (χ0v) is 22.2. The van der Waals surface area contributed by atoms with Gasteiger partial charge in [-0.3, -0.25) is 14.4 Å². The molecule has 1 aromatic rings. The molecule has 1 heterocycles. The number of nitrogens with one attached hydrogen (secondary N) is 1. The van der Waals surface area contributed by atoms with Crippen molar-refractivity contribution in [3.8, 4) is 17.2 Å². The van der Waals surface area contributed by atoms with E-state index in [1.54, 1.807) is 40.1 Å². The van der Waals surface area contributed by atoms with Gasteiger partial charge in [0, 0.05) is 6.54 Å². The van der Waals surface area contributed by atoms with Crippen molar-refractivity contribution < 1.29 is 28.6 Å². The fraction of sp³-hybridized carbons (Fsp3) is 0.667. The van der Waals surface area contributed by atoms with E-state index in [0.717, 1.165) is 50.5 Å². The van der Waals surface area contributed by atoms with Crippen LogP contribution in [-0.4, -0.2) is 62.1 Å². The minimum Gasteiger partial charge on any atom is -0.493 e. The maximum Gasteiger partial charge on any atom is 0.243 e. The average molecular weight is 504 g/mol. The molecule has 2 aliphatic rings. The van der Waals surface area contributed by atoms with Gasteiger partial charge in [-0.05, 0) is 69.6 Å². The molecule has 36 heavy (non-hydrogen) atoms. The van der Waals surface area contributed by atoms with Crippen LogP contribution in [0.15, 0.2) is 12.1 Å². The molecule has 1 aliphatic heterocycles. The molecule has 2 atom stereocenters. The van der Waals surface area contributed by atoms with Crippen molar-refractivity contribution in [1.82, 2.24) is 10.2 Å². The fourth-order valence-corrected chi connectivity index (χ4v) is 5.46. The highest BCUT2D eigenvalue weighted by molar-refractivity contribution is 5.95. The van der Waals surface area contributed by atoms with Gasteiger partial charge in [-0.25, -0.2) is 0 Å². The molecular weight excluding hydrogens is 462 g/mol. The van der Waals surface area contributed by atoms with Crippen LogP contribution in [0.4, 0.5) is 0 Å². The minimum absolute atomic E-state index is 0.0760. The van der Waals surface area contributed by atoms with Crippen LogP contribution in [-0.2, 0) is 14.4 Å². The van der Waals surface area contributed by atoms with E-state index in [-0.39, 0.29) is 17.7 Å². The number of piperidine rings is 1. The molecule has 1 aromatic carbocycles. The number of nitrogens with zero attached hydrogens (tertiary/aromatic N) is 1. The van der Waals surface area contributed by atoms with Gasteiger partial charge in [0.25, 0.3) is 0 Å². The highest BCUT2D eigenvalue weighted by atomic mass is 16.5. The first kappa shape index (κ1) is 27.6. The van der Waals surface area contributed by atoms with Crippen LogP contribution in [0.25, 0.3) is 0 Å². The Hall–Kier alpha value is -2.97. The Kier molecular flexibility index (Phi) is 9.08. The molecule has 0 unspecified atom stereocenters. The number of methoxy groups -OCH3 is 3. The summed E-state index contributed by atoms with van der Waals surface area (Å²) in [5, 5.41) is 2.76. The van der Waals surface area contributed by atoms with Crippen LogP contribution < -0.4 is 25.3 Å². The lowest BCUT2D eigenvalue weighted by molar-refractivity contribution is -0.146. The molecule has 0 aromatic heterocycles. The third kappa shape index (κ3) is 5.87. The number of carbonyl (C=O) groups is 3. The summed E-state index contributed by atoms with van der Waals surface area (Å²) in [5.41, 5.74) is 5.06. The third-order valence-corrected chi connectivity index (χ3v) is 7.57. The van der Waals surface area contributed by atoms with Crippen molar-refractivity contribution in [2.45, 2.75) is 82.7 Å². The molecule has 3 amide bonds. The van der Waals surface area contributed by atoms with E-state index in [4.69, 9.17) is 19.9 Å². The lowest BCUT2D eigenvalue weighted by Gasteiger charge is -2.40. The van der Waals surface area contributed by atoms with Gasteiger partial charge >= 0.3 is 0 Å². The predicted molar refractivity (Wildman–Crippen MR) is 136 cm³/mol. The second kappa shape index (κ2) is 11.8. The number of benzene rings is 1. The molecule has 1 saturated heterocycles. The van der Waals surface area contributed by atoms with Crippen LogP contribution in [0.2, 0.25) is 0 Å². The number of carbonyl (C=O) groups excluding carboxylic acids is 3. The van der Waals surface area contributed by atoms with Crippen LogP contribution in [0.1, 0.15) is 76.7 Å². The largest absolute Gasteiger partial charge is 0.493 e. The zero-order valence-electron chi connectivity index (χ0n) is 22.2. The SMILES string of the molecule is COc1cc([C@@H](C(=O)N2CCCC[C@H]2C(=O)NC(C)(C)C(N)=O)C2CCCCC2)cc(OC)c1OC. The molecule has 1 aliphatic carbocycles. The van der Waals surface area contributed by atoms with E-state index < -0.39 is 23.4 Å². The summed E-state index contributed by atoms with van der Waals surface area (Å²) < 4.78 is 16.7. The Morgan fingerprint density at radius 3 is 2.06 bits per heavy atom. The van der Waals surface area contributed by atoms with Crippen LogP contribution in [0.3, 0.4) is 0 Å². The van der Waals surface area contributed by atoms with Crippen LogP contribution in [0.5, 0.6) is 17.2 Å². The topological polar surface area (TPSA) is 120 Å². The number of hydrogen-bond donors (Lipinski definition) is 2. The molecule has 2 fully saturated rings. The average Bonchev–Trinajstić information content (AvgIpc) is 2.88. The quantitative estimate of drug-likeness (QED) is 0.534. The van der Waals surface area contributed by atoms with E-state index in [1.807, 2.05) is 12.1 Å². The van der Waals surface area contributed by atoms with Crippen molar-refractivity contribution in [2.24, 2.45) is 11.7 Å². The van der Waals surface area contributed by atoms with Gasteiger partial charge in [0.2, 0.25) is 23.5 Å². The number of primary amides is 1. The van der Waals surface area contributed by atoms with Crippen molar-refractivity contribution in [1.29, 1.82) is 0 Å². The first-order valence-electron chi connectivity index (χ1n) is 12.9. The Morgan fingerprint density at radius 1 is 0.944 bits per heavy atom. The van der Waals surface area contributed by atoms with Crippen molar-refractivity contribution in [2.75, 3.05) is 27.9 Å². The van der Waals surface area contributed by atoms with Gasteiger partial charge < -0.3 is 30.2 Å². The summed E-state index contributed by atoms with van der Waals surface area (Å²) in [5.74, 6) is 0.114. The monoisotopic (exact) mass is 503 g/mol. The van der Waals surface area contributed by atoms with E-state index in [1.165, 1.54) is 0 Å². The highest BCUT2D eigenvalue weighted by Gasteiger charge is 2.41.